The normalized spacial score (nSPS) is 17.0. The molecule has 1 N–H and O–H groups in total. The highest BCUT2D eigenvalue weighted by atomic mass is 15.1. The largest absolute Gasteiger partial charge is 0.372 e. The lowest BCUT2D eigenvalue weighted by atomic mass is 9.85. The Labute approximate surface area is 118 Å². The van der Waals surface area contributed by atoms with Crippen molar-refractivity contribution in [2.45, 2.75) is 46.1 Å². The number of anilines is 1. The van der Waals surface area contributed by atoms with Gasteiger partial charge in [-0.25, -0.2) is 0 Å². The van der Waals surface area contributed by atoms with Crippen LogP contribution in [0.3, 0.4) is 0 Å². The van der Waals surface area contributed by atoms with Crippen LogP contribution in [-0.2, 0) is 0 Å². The first-order valence-corrected chi connectivity index (χ1v) is 7.82. The monoisotopic (exact) mass is 260 g/mol. The molecule has 1 atom stereocenters. The maximum absolute atomic E-state index is 3.46. The van der Waals surface area contributed by atoms with Gasteiger partial charge in [-0.3, -0.25) is 0 Å². The molecule has 0 spiro atoms. The molecule has 0 amide bonds. The summed E-state index contributed by atoms with van der Waals surface area (Å²) in [5.74, 6) is 0.931. The Morgan fingerprint density at radius 1 is 1.21 bits per heavy atom. The molecule has 106 valence electrons. The highest BCUT2D eigenvalue weighted by molar-refractivity contribution is 5.48. The Balaban J connectivity index is 1.98. The first kappa shape index (κ1) is 14.4. The number of benzene rings is 1. The molecule has 0 heterocycles. The van der Waals surface area contributed by atoms with Crippen LogP contribution >= 0.6 is 0 Å². The average Bonchev–Trinajstić information content (AvgIpc) is 2.38. The van der Waals surface area contributed by atoms with E-state index in [-0.39, 0.29) is 0 Å². The molecule has 1 saturated carbocycles. The fraction of sp³-hybridized carbons (Fsp3) is 0.647. The van der Waals surface area contributed by atoms with Gasteiger partial charge in [0.15, 0.2) is 0 Å². The van der Waals surface area contributed by atoms with Crippen LogP contribution in [0.25, 0.3) is 0 Å². The van der Waals surface area contributed by atoms with Crippen LogP contribution in [0.5, 0.6) is 0 Å². The van der Waals surface area contributed by atoms with E-state index in [0.29, 0.717) is 6.04 Å². The molecule has 2 heteroatoms. The fourth-order valence-electron chi connectivity index (χ4n) is 2.80. The lowest BCUT2D eigenvalue weighted by Gasteiger charge is -2.33. The Morgan fingerprint density at radius 3 is 2.37 bits per heavy atom. The highest BCUT2D eigenvalue weighted by Gasteiger charge is 2.20. The van der Waals surface area contributed by atoms with Gasteiger partial charge < -0.3 is 10.2 Å². The summed E-state index contributed by atoms with van der Waals surface area (Å²) in [5, 5.41) is 3.46. The summed E-state index contributed by atoms with van der Waals surface area (Å²) in [6.45, 7) is 10.0. The highest BCUT2D eigenvalue weighted by Crippen LogP contribution is 2.29. The van der Waals surface area contributed by atoms with Gasteiger partial charge in [0.2, 0.25) is 0 Å². The van der Waals surface area contributed by atoms with E-state index in [0.717, 1.165) is 19.0 Å². The van der Waals surface area contributed by atoms with Crippen molar-refractivity contribution < 1.29 is 0 Å². The molecule has 1 aliphatic carbocycles. The van der Waals surface area contributed by atoms with Crippen molar-refractivity contribution in [3.05, 3.63) is 29.8 Å². The zero-order valence-corrected chi connectivity index (χ0v) is 12.7. The molecular weight excluding hydrogens is 232 g/mol. The van der Waals surface area contributed by atoms with Gasteiger partial charge in [-0.2, -0.15) is 0 Å². The predicted octanol–water partition coefficient (Wildman–Crippen LogP) is 3.98. The van der Waals surface area contributed by atoms with Gasteiger partial charge in [0.05, 0.1) is 0 Å². The summed E-state index contributed by atoms with van der Waals surface area (Å²) in [5.41, 5.74) is 2.76. The van der Waals surface area contributed by atoms with Crippen molar-refractivity contribution in [3.8, 4) is 0 Å². The Morgan fingerprint density at radius 2 is 1.89 bits per heavy atom. The van der Waals surface area contributed by atoms with Gasteiger partial charge in [0.25, 0.3) is 0 Å². The first-order valence-electron chi connectivity index (χ1n) is 7.82. The van der Waals surface area contributed by atoms with Crippen LogP contribution in [0.4, 0.5) is 5.69 Å². The minimum absolute atomic E-state index is 0.445. The predicted molar refractivity (Wildman–Crippen MR) is 83.8 cm³/mol. The lowest BCUT2D eigenvalue weighted by Crippen LogP contribution is -2.32. The van der Waals surface area contributed by atoms with Crippen LogP contribution in [0.15, 0.2) is 24.3 Å². The Kier molecular flexibility index (Phi) is 5.26. The van der Waals surface area contributed by atoms with Crippen molar-refractivity contribution >= 4 is 5.69 Å². The molecular formula is C17H28N2. The van der Waals surface area contributed by atoms with Crippen LogP contribution in [0.1, 0.15) is 51.6 Å². The van der Waals surface area contributed by atoms with Gasteiger partial charge in [0.1, 0.15) is 0 Å². The van der Waals surface area contributed by atoms with Crippen molar-refractivity contribution in [2.24, 2.45) is 5.92 Å². The summed E-state index contributed by atoms with van der Waals surface area (Å²) in [4.78, 5) is 2.52. The third-order valence-corrected chi connectivity index (χ3v) is 4.35. The molecule has 0 saturated heterocycles. The second kappa shape index (κ2) is 6.95. The molecule has 1 aromatic rings. The third kappa shape index (κ3) is 3.73. The number of nitrogens with zero attached hydrogens (tertiary/aromatic N) is 1. The van der Waals surface area contributed by atoms with E-state index in [1.807, 2.05) is 0 Å². The van der Waals surface area contributed by atoms with E-state index in [1.165, 1.54) is 37.1 Å². The van der Waals surface area contributed by atoms with Crippen molar-refractivity contribution in [1.29, 1.82) is 0 Å². The van der Waals surface area contributed by atoms with Gasteiger partial charge in [-0.15, -0.1) is 0 Å². The number of hydrogen-bond acceptors (Lipinski definition) is 2. The van der Waals surface area contributed by atoms with Crippen LogP contribution < -0.4 is 10.2 Å². The summed E-state index contributed by atoms with van der Waals surface area (Å²) in [6, 6.07) is 9.55. The van der Waals surface area contributed by atoms with Crippen LogP contribution in [-0.4, -0.2) is 19.6 Å². The summed E-state index contributed by atoms with van der Waals surface area (Å²) in [7, 11) is 0. The maximum Gasteiger partial charge on any atom is 0.0366 e. The van der Waals surface area contributed by atoms with E-state index in [2.05, 4.69) is 55.3 Å². The third-order valence-electron chi connectivity index (χ3n) is 4.35. The SMILES string of the molecule is CCNC(C)c1ccc(N(CC)CC2CCC2)cc1. The van der Waals surface area contributed by atoms with Gasteiger partial charge in [-0.05, 0) is 56.8 Å². The topological polar surface area (TPSA) is 15.3 Å². The average molecular weight is 260 g/mol. The lowest BCUT2D eigenvalue weighted by molar-refractivity contribution is 0.318. The second-order valence-electron chi connectivity index (χ2n) is 5.71. The minimum Gasteiger partial charge on any atom is -0.372 e. The molecule has 19 heavy (non-hydrogen) atoms. The van der Waals surface area contributed by atoms with E-state index in [1.54, 1.807) is 0 Å². The van der Waals surface area contributed by atoms with Crippen LogP contribution in [0.2, 0.25) is 0 Å². The van der Waals surface area contributed by atoms with Crippen molar-refractivity contribution in [1.82, 2.24) is 5.32 Å². The molecule has 0 bridgehead atoms. The van der Waals surface area contributed by atoms with E-state index in [4.69, 9.17) is 0 Å². The number of hydrogen-bond donors (Lipinski definition) is 1. The molecule has 1 unspecified atom stereocenters. The van der Waals surface area contributed by atoms with Crippen LogP contribution in [0, 0.1) is 5.92 Å². The quantitative estimate of drug-likeness (QED) is 0.797. The van der Waals surface area contributed by atoms with E-state index >= 15 is 0 Å². The van der Waals surface area contributed by atoms with Crippen molar-refractivity contribution in [3.63, 3.8) is 0 Å². The summed E-state index contributed by atoms with van der Waals surface area (Å²) in [6.07, 6.45) is 4.28. The molecule has 1 aromatic carbocycles. The summed E-state index contributed by atoms with van der Waals surface area (Å²) >= 11 is 0. The zero-order chi connectivity index (χ0) is 13.7. The van der Waals surface area contributed by atoms with E-state index in [9.17, 15) is 0 Å². The molecule has 1 fully saturated rings. The Hall–Kier alpha value is -1.02. The minimum atomic E-state index is 0.445. The molecule has 2 nitrogen and oxygen atoms in total. The Bertz CT molecular complexity index is 367. The number of nitrogens with one attached hydrogen (secondary N) is 1. The maximum atomic E-state index is 3.46. The molecule has 0 radical (unpaired) electrons. The number of rotatable bonds is 7. The van der Waals surface area contributed by atoms with Crippen molar-refractivity contribution in [2.75, 3.05) is 24.5 Å². The van der Waals surface area contributed by atoms with Gasteiger partial charge in [-0.1, -0.05) is 25.5 Å². The molecule has 1 aliphatic rings. The molecule has 2 rings (SSSR count). The molecule has 0 aromatic heterocycles. The van der Waals surface area contributed by atoms with E-state index < -0.39 is 0 Å². The van der Waals surface area contributed by atoms with Gasteiger partial charge >= 0.3 is 0 Å². The standard InChI is InChI=1S/C17H28N2/c1-4-18-14(3)16-9-11-17(12-10-16)19(5-2)13-15-7-6-8-15/h9-12,14-15,18H,4-8,13H2,1-3H3. The fourth-order valence-corrected chi connectivity index (χ4v) is 2.80. The molecule has 0 aliphatic heterocycles. The smallest absolute Gasteiger partial charge is 0.0366 e. The summed E-state index contributed by atoms with van der Waals surface area (Å²) < 4.78 is 0. The first-order chi connectivity index (χ1) is 9.24. The second-order valence-corrected chi connectivity index (χ2v) is 5.71. The zero-order valence-electron chi connectivity index (χ0n) is 12.7. The van der Waals surface area contributed by atoms with Gasteiger partial charge in [0, 0.05) is 24.8 Å².